The van der Waals surface area contributed by atoms with Crippen LogP contribution in [0, 0.1) is 0 Å². The van der Waals surface area contributed by atoms with Crippen molar-refractivity contribution in [2.75, 3.05) is 25.5 Å². The first kappa shape index (κ1) is 24.6. The van der Waals surface area contributed by atoms with Gasteiger partial charge in [-0.2, -0.15) is 4.98 Å². The first-order valence-corrected chi connectivity index (χ1v) is 13.4. The second kappa shape index (κ2) is 9.53. The molecule has 0 spiro atoms. The minimum atomic E-state index is -1.03. The summed E-state index contributed by atoms with van der Waals surface area (Å²) in [5, 5.41) is 16.1. The van der Waals surface area contributed by atoms with Crippen LogP contribution in [0.1, 0.15) is 51.0 Å². The summed E-state index contributed by atoms with van der Waals surface area (Å²) < 4.78 is 4.49. The van der Waals surface area contributed by atoms with Crippen LogP contribution in [0.2, 0.25) is 0 Å². The maximum Gasteiger partial charge on any atom is 0.229 e. The van der Waals surface area contributed by atoms with Gasteiger partial charge in [-0.15, -0.1) is 0 Å². The van der Waals surface area contributed by atoms with Gasteiger partial charge in [-0.25, -0.2) is 9.97 Å². The molecule has 6 rings (SSSR count). The summed E-state index contributed by atoms with van der Waals surface area (Å²) in [5.41, 5.74) is 3.68. The summed E-state index contributed by atoms with van der Waals surface area (Å²) in [5.74, 6) is 1.27. The topological polar surface area (TPSA) is 84.0 Å². The lowest BCUT2D eigenvalue weighted by Crippen LogP contribution is -2.31. The highest BCUT2D eigenvalue weighted by Gasteiger charge is 2.21. The molecule has 5 heterocycles. The van der Waals surface area contributed by atoms with Gasteiger partial charge in [0.15, 0.2) is 5.65 Å². The molecule has 4 aromatic heterocycles. The SMILES string of the molecule is CCc1cc2cnc(Nc3ccc4c(ccn4C4CCN(C)CC4)c3)nc2n1-c1cccc(C(C)(C)O)n1. The number of rotatable bonds is 6. The second-order valence-corrected chi connectivity index (χ2v) is 10.9. The summed E-state index contributed by atoms with van der Waals surface area (Å²) in [6.45, 7) is 7.89. The van der Waals surface area contributed by atoms with E-state index in [0.29, 0.717) is 17.7 Å². The van der Waals surface area contributed by atoms with Crippen molar-refractivity contribution in [2.24, 2.45) is 0 Å². The third-order valence-corrected chi connectivity index (χ3v) is 7.63. The summed E-state index contributed by atoms with van der Waals surface area (Å²) in [7, 11) is 2.20. The monoisotopic (exact) mass is 509 g/mol. The maximum absolute atomic E-state index is 10.5. The van der Waals surface area contributed by atoms with E-state index in [1.54, 1.807) is 13.8 Å². The minimum Gasteiger partial charge on any atom is -0.384 e. The van der Waals surface area contributed by atoms with Gasteiger partial charge in [-0.1, -0.05) is 13.0 Å². The van der Waals surface area contributed by atoms with Crippen molar-refractivity contribution in [1.29, 1.82) is 0 Å². The molecule has 38 heavy (non-hydrogen) atoms. The van der Waals surface area contributed by atoms with E-state index in [2.05, 4.69) is 74.8 Å². The number of hydrogen-bond acceptors (Lipinski definition) is 6. The Balaban J connectivity index is 1.32. The van der Waals surface area contributed by atoms with Crippen LogP contribution in [0.4, 0.5) is 11.6 Å². The molecule has 1 fully saturated rings. The highest BCUT2D eigenvalue weighted by molar-refractivity contribution is 5.85. The Labute approximate surface area is 223 Å². The Hall–Kier alpha value is -3.75. The number of pyridine rings is 1. The lowest BCUT2D eigenvalue weighted by molar-refractivity contribution is 0.0738. The molecule has 2 N–H and O–H groups in total. The zero-order chi connectivity index (χ0) is 26.4. The Kier molecular flexibility index (Phi) is 6.16. The molecular formula is C30H35N7O. The Morgan fingerprint density at radius 1 is 1.03 bits per heavy atom. The fourth-order valence-corrected chi connectivity index (χ4v) is 5.47. The van der Waals surface area contributed by atoms with Gasteiger partial charge in [0.25, 0.3) is 0 Å². The third-order valence-electron chi connectivity index (χ3n) is 7.63. The minimum absolute atomic E-state index is 0.534. The summed E-state index contributed by atoms with van der Waals surface area (Å²) >= 11 is 0. The van der Waals surface area contributed by atoms with Crippen LogP contribution < -0.4 is 5.32 Å². The normalized spacial score (nSPS) is 15.5. The molecular weight excluding hydrogens is 474 g/mol. The molecule has 196 valence electrons. The van der Waals surface area contributed by atoms with Gasteiger partial charge in [0, 0.05) is 46.1 Å². The molecule has 8 heteroatoms. The average Bonchev–Trinajstić information content (AvgIpc) is 3.49. The number of benzene rings is 1. The standard InChI is InChI=1S/C30H35N7O/c1-5-23-18-21-19-31-29(34-28(21)37(23)27-8-6-7-26(33-27)30(2,3)38)32-22-9-10-25-20(17-22)11-16-36(25)24-12-14-35(4)15-13-24/h6-11,16-19,24,38H,5,12-15H2,1-4H3,(H,31,32,34). The number of aryl methyl sites for hydroxylation is 1. The van der Waals surface area contributed by atoms with Gasteiger partial charge in [0.1, 0.15) is 11.4 Å². The van der Waals surface area contributed by atoms with E-state index >= 15 is 0 Å². The Bertz CT molecular complexity index is 1600. The predicted octanol–water partition coefficient (Wildman–Crippen LogP) is 5.57. The zero-order valence-electron chi connectivity index (χ0n) is 22.5. The fourth-order valence-electron chi connectivity index (χ4n) is 5.47. The van der Waals surface area contributed by atoms with Crippen molar-refractivity contribution < 1.29 is 5.11 Å². The quantitative estimate of drug-likeness (QED) is 0.311. The summed E-state index contributed by atoms with van der Waals surface area (Å²) in [6, 6.07) is 17.0. The smallest absolute Gasteiger partial charge is 0.229 e. The van der Waals surface area contributed by atoms with Gasteiger partial charge in [-0.05, 0) is 95.7 Å². The number of aromatic nitrogens is 5. The van der Waals surface area contributed by atoms with Gasteiger partial charge >= 0.3 is 0 Å². The van der Waals surface area contributed by atoms with Crippen LogP contribution >= 0.6 is 0 Å². The largest absolute Gasteiger partial charge is 0.384 e. The molecule has 5 aromatic rings. The third kappa shape index (κ3) is 4.54. The summed E-state index contributed by atoms with van der Waals surface area (Å²) in [4.78, 5) is 16.7. The van der Waals surface area contributed by atoms with E-state index in [1.165, 1.54) is 23.7 Å². The number of anilines is 2. The van der Waals surface area contributed by atoms with E-state index < -0.39 is 5.60 Å². The number of likely N-dealkylation sites (tertiary alicyclic amines) is 1. The van der Waals surface area contributed by atoms with E-state index in [-0.39, 0.29) is 0 Å². The lowest BCUT2D eigenvalue weighted by Gasteiger charge is -2.30. The van der Waals surface area contributed by atoms with Crippen molar-refractivity contribution >= 4 is 33.6 Å². The molecule has 0 aliphatic carbocycles. The van der Waals surface area contributed by atoms with E-state index in [1.807, 2.05) is 24.4 Å². The van der Waals surface area contributed by atoms with Gasteiger partial charge < -0.3 is 19.9 Å². The highest BCUT2D eigenvalue weighted by Crippen LogP contribution is 2.30. The molecule has 1 aliphatic rings. The molecule has 8 nitrogen and oxygen atoms in total. The highest BCUT2D eigenvalue weighted by atomic mass is 16.3. The maximum atomic E-state index is 10.5. The first-order chi connectivity index (χ1) is 18.3. The van der Waals surface area contributed by atoms with Crippen LogP contribution in [0.5, 0.6) is 0 Å². The summed E-state index contributed by atoms with van der Waals surface area (Å²) in [6.07, 6.45) is 7.26. The molecule has 0 saturated carbocycles. The lowest BCUT2D eigenvalue weighted by atomic mass is 10.1. The Morgan fingerprint density at radius 3 is 2.61 bits per heavy atom. The number of hydrogen-bond donors (Lipinski definition) is 2. The van der Waals surface area contributed by atoms with Gasteiger partial charge in [-0.3, -0.25) is 4.57 Å². The van der Waals surface area contributed by atoms with Gasteiger partial charge in [0.2, 0.25) is 5.95 Å². The van der Waals surface area contributed by atoms with Crippen molar-refractivity contribution in [3.05, 3.63) is 72.3 Å². The number of fused-ring (bicyclic) bond motifs is 2. The number of nitrogens with one attached hydrogen (secondary N) is 1. The zero-order valence-corrected chi connectivity index (χ0v) is 22.5. The molecule has 0 amide bonds. The van der Waals surface area contributed by atoms with Gasteiger partial charge in [0.05, 0.1) is 5.69 Å². The molecule has 1 aliphatic heterocycles. The molecule has 0 atom stereocenters. The average molecular weight is 510 g/mol. The second-order valence-electron chi connectivity index (χ2n) is 10.9. The molecule has 0 radical (unpaired) electrons. The van der Waals surface area contributed by atoms with E-state index in [0.717, 1.165) is 47.7 Å². The van der Waals surface area contributed by atoms with Crippen molar-refractivity contribution in [3.8, 4) is 5.82 Å². The molecule has 1 saturated heterocycles. The number of nitrogens with zero attached hydrogens (tertiary/aromatic N) is 6. The predicted molar refractivity (Wildman–Crippen MR) is 152 cm³/mol. The Morgan fingerprint density at radius 2 is 1.84 bits per heavy atom. The number of aliphatic hydroxyl groups is 1. The van der Waals surface area contributed by atoms with Crippen molar-refractivity contribution in [3.63, 3.8) is 0 Å². The van der Waals surface area contributed by atoms with Crippen LogP contribution in [0.15, 0.2) is 60.9 Å². The van der Waals surface area contributed by atoms with Crippen molar-refractivity contribution in [1.82, 2.24) is 29.0 Å². The van der Waals surface area contributed by atoms with E-state index in [4.69, 9.17) is 9.97 Å². The van der Waals surface area contributed by atoms with E-state index in [9.17, 15) is 5.11 Å². The van der Waals surface area contributed by atoms with Crippen LogP contribution in [0.3, 0.4) is 0 Å². The molecule has 0 unspecified atom stereocenters. The molecule has 0 bridgehead atoms. The first-order valence-electron chi connectivity index (χ1n) is 13.4. The number of piperidine rings is 1. The van der Waals surface area contributed by atoms with Crippen LogP contribution in [-0.2, 0) is 12.0 Å². The van der Waals surface area contributed by atoms with Crippen LogP contribution in [0.25, 0.3) is 27.8 Å². The fraction of sp³-hybridized carbons (Fsp3) is 0.367. The van der Waals surface area contributed by atoms with Crippen molar-refractivity contribution in [2.45, 2.75) is 51.7 Å². The van der Waals surface area contributed by atoms with Crippen LogP contribution in [-0.4, -0.2) is 54.2 Å². The molecule has 1 aromatic carbocycles.